The van der Waals surface area contributed by atoms with E-state index < -0.39 is 0 Å². The van der Waals surface area contributed by atoms with Crippen LogP contribution in [-0.4, -0.2) is 31.5 Å². The van der Waals surface area contributed by atoms with Crippen molar-refractivity contribution in [3.8, 4) is 5.75 Å². The molecular formula is C22H31NO4. The van der Waals surface area contributed by atoms with Crippen molar-refractivity contribution in [1.82, 2.24) is 5.32 Å². The molecule has 2 heterocycles. The summed E-state index contributed by atoms with van der Waals surface area (Å²) in [7, 11) is 0. The average Bonchev–Trinajstić information content (AvgIpc) is 2.64. The van der Waals surface area contributed by atoms with E-state index in [9.17, 15) is 4.79 Å². The summed E-state index contributed by atoms with van der Waals surface area (Å²) in [6.07, 6.45) is 1.56. The van der Waals surface area contributed by atoms with Crippen LogP contribution in [0.3, 0.4) is 0 Å². The van der Waals surface area contributed by atoms with Crippen LogP contribution in [-0.2, 0) is 9.47 Å². The van der Waals surface area contributed by atoms with E-state index in [1.165, 1.54) is 0 Å². The van der Waals surface area contributed by atoms with Gasteiger partial charge in [0.05, 0.1) is 12.7 Å². The molecule has 1 amide bonds. The van der Waals surface area contributed by atoms with E-state index in [1.807, 2.05) is 25.1 Å². The van der Waals surface area contributed by atoms with Gasteiger partial charge < -0.3 is 19.5 Å². The molecule has 0 radical (unpaired) electrons. The number of amides is 1. The van der Waals surface area contributed by atoms with Crippen LogP contribution >= 0.6 is 0 Å². The number of rotatable bonds is 4. The summed E-state index contributed by atoms with van der Waals surface area (Å²) in [5.41, 5.74) is 0.725. The molecule has 1 saturated carbocycles. The molecule has 6 atom stereocenters. The lowest BCUT2D eigenvalue weighted by Gasteiger charge is -2.63. The van der Waals surface area contributed by atoms with Crippen LogP contribution in [0.25, 0.3) is 0 Å². The summed E-state index contributed by atoms with van der Waals surface area (Å²) in [6, 6.07) is 8.24. The maximum Gasteiger partial charge on any atom is 0.407 e. The Balaban J connectivity index is 1.61. The van der Waals surface area contributed by atoms with Crippen molar-refractivity contribution in [3.63, 3.8) is 0 Å². The van der Waals surface area contributed by atoms with Crippen molar-refractivity contribution in [2.45, 2.75) is 52.2 Å². The Bertz CT molecular complexity index is 722. The van der Waals surface area contributed by atoms with Crippen LogP contribution in [0.4, 0.5) is 4.79 Å². The molecule has 0 aromatic heterocycles. The van der Waals surface area contributed by atoms with E-state index in [0.29, 0.717) is 31.6 Å². The minimum absolute atomic E-state index is 0.0458. The molecule has 148 valence electrons. The molecule has 4 rings (SSSR count). The van der Waals surface area contributed by atoms with Crippen molar-refractivity contribution < 1.29 is 19.0 Å². The first-order chi connectivity index (χ1) is 12.9. The maximum absolute atomic E-state index is 12.0. The van der Waals surface area contributed by atoms with Gasteiger partial charge in [-0.2, -0.15) is 0 Å². The molecule has 5 nitrogen and oxygen atoms in total. The minimum Gasteiger partial charge on any atom is -0.487 e. The molecule has 1 N–H and O–H groups in total. The van der Waals surface area contributed by atoms with E-state index in [0.717, 1.165) is 24.2 Å². The summed E-state index contributed by atoms with van der Waals surface area (Å²) in [5.74, 6) is 1.86. The van der Waals surface area contributed by atoms with E-state index in [4.69, 9.17) is 14.2 Å². The van der Waals surface area contributed by atoms with Gasteiger partial charge in [-0.1, -0.05) is 39.0 Å². The second-order valence-corrected chi connectivity index (χ2v) is 8.84. The predicted octanol–water partition coefficient (Wildman–Crippen LogP) is 4.32. The largest absolute Gasteiger partial charge is 0.487 e. The van der Waals surface area contributed by atoms with Crippen molar-refractivity contribution in [2.75, 3.05) is 19.8 Å². The van der Waals surface area contributed by atoms with Gasteiger partial charge in [0, 0.05) is 23.4 Å². The highest BCUT2D eigenvalue weighted by atomic mass is 16.6. The number of carbonyl (C=O) groups is 1. The van der Waals surface area contributed by atoms with Crippen LogP contribution in [0.15, 0.2) is 24.3 Å². The van der Waals surface area contributed by atoms with Gasteiger partial charge in [0.2, 0.25) is 0 Å². The monoisotopic (exact) mass is 373 g/mol. The van der Waals surface area contributed by atoms with Crippen LogP contribution in [0.1, 0.15) is 52.2 Å². The molecule has 3 aliphatic rings. The van der Waals surface area contributed by atoms with Gasteiger partial charge in [-0.15, -0.1) is 0 Å². The fraction of sp³-hybridized carbons (Fsp3) is 0.682. The third-order valence-electron chi connectivity index (χ3n) is 7.26. The number of fused-ring (bicyclic) bond motifs is 3. The Kier molecular flexibility index (Phi) is 4.61. The first kappa shape index (κ1) is 18.6. The summed E-state index contributed by atoms with van der Waals surface area (Å²) >= 11 is 0. The quantitative estimate of drug-likeness (QED) is 0.854. The molecule has 1 aromatic carbocycles. The number of hydrogen-bond donors (Lipinski definition) is 1. The fourth-order valence-electron chi connectivity index (χ4n) is 5.73. The standard InChI is InChI=1S/C22H31NO4/c1-5-10-23-20(24)26-13-22-12-25-19-16-8-6-7-9-17(16)27-21(4,11-14(22)2)18(19)15(22)3/h6-9,14-15,18-19H,5,10-13H2,1-4H3,(H,23,24)/t14-,15-,18+,19+,21+,22+/m1/s1. The molecule has 2 aliphatic heterocycles. The van der Waals surface area contributed by atoms with Crippen molar-refractivity contribution in [2.24, 2.45) is 23.2 Å². The Morgan fingerprint density at radius 2 is 2.11 bits per heavy atom. The van der Waals surface area contributed by atoms with Gasteiger partial charge in [-0.05, 0) is 37.7 Å². The number of nitrogens with one attached hydrogen (secondary N) is 1. The van der Waals surface area contributed by atoms with Gasteiger partial charge >= 0.3 is 6.09 Å². The van der Waals surface area contributed by atoms with Gasteiger partial charge in [0.1, 0.15) is 18.0 Å². The normalized spacial score (nSPS) is 39.1. The SMILES string of the molecule is CCCNC(=O)OC[C@@]12CO[C@H]3c4ccccc4O[C@@](C)(C[C@H]1C)[C@H]3[C@H]2C. The second-order valence-electron chi connectivity index (χ2n) is 8.84. The first-order valence-corrected chi connectivity index (χ1v) is 10.2. The molecule has 1 aromatic rings. The molecular weight excluding hydrogens is 342 g/mol. The molecule has 5 heteroatoms. The number of para-hydroxylation sites is 1. The highest BCUT2D eigenvalue weighted by Gasteiger charge is 2.64. The molecule has 0 unspecified atom stereocenters. The minimum atomic E-state index is -0.327. The Morgan fingerprint density at radius 1 is 1.33 bits per heavy atom. The lowest BCUT2D eigenvalue weighted by Crippen LogP contribution is -2.66. The predicted molar refractivity (Wildman–Crippen MR) is 103 cm³/mol. The molecule has 0 spiro atoms. The summed E-state index contributed by atoms with van der Waals surface area (Å²) in [5, 5.41) is 2.81. The summed E-state index contributed by atoms with van der Waals surface area (Å²) in [6.45, 7) is 10.4. The molecule has 1 saturated heterocycles. The number of ether oxygens (including phenoxy) is 3. The second kappa shape index (κ2) is 6.69. The highest BCUT2D eigenvalue weighted by Crippen LogP contribution is 2.63. The van der Waals surface area contributed by atoms with Crippen LogP contribution in [0.5, 0.6) is 5.75 Å². The highest BCUT2D eigenvalue weighted by molar-refractivity contribution is 5.67. The average molecular weight is 373 g/mol. The zero-order chi connectivity index (χ0) is 19.2. The topological polar surface area (TPSA) is 56.8 Å². The number of hydrogen-bond acceptors (Lipinski definition) is 4. The van der Waals surface area contributed by atoms with Gasteiger partial charge in [-0.25, -0.2) is 4.79 Å². The zero-order valence-corrected chi connectivity index (χ0v) is 16.8. The van der Waals surface area contributed by atoms with Crippen molar-refractivity contribution >= 4 is 6.09 Å². The van der Waals surface area contributed by atoms with Crippen LogP contribution in [0.2, 0.25) is 0 Å². The molecule has 2 bridgehead atoms. The van der Waals surface area contributed by atoms with E-state index in [-0.39, 0.29) is 29.1 Å². The van der Waals surface area contributed by atoms with Gasteiger partial charge in [0.15, 0.2) is 0 Å². The fourth-order valence-corrected chi connectivity index (χ4v) is 5.73. The maximum atomic E-state index is 12.0. The molecule has 27 heavy (non-hydrogen) atoms. The zero-order valence-electron chi connectivity index (χ0n) is 16.8. The number of carbonyl (C=O) groups excluding carboxylic acids is 1. The Hall–Kier alpha value is -1.75. The molecule has 2 fully saturated rings. The van der Waals surface area contributed by atoms with E-state index >= 15 is 0 Å². The van der Waals surface area contributed by atoms with Gasteiger partial charge in [-0.3, -0.25) is 0 Å². The third kappa shape index (κ3) is 2.82. The smallest absolute Gasteiger partial charge is 0.407 e. The molecule has 1 aliphatic carbocycles. The van der Waals surface area contributed by atoms with E-state index in [2.05, 4.69) is 32.2 Å². The first-order valence-electron chi connectivity index (χ1n) is 10.2. The summed E-state index contributed by atoms with van der Waals surface area (Å²) < 4.78 is 18.7. The lowest BCUT2D eigenvalue weighted by molar-refractivity contribution is -0.259. The number of alkyl carbamates (subject to hydrolysis) is 1. The summed E-state index contributed by atoms with van der Waals surface area (Å²) in [4.78, 5) is 12.0. The van der Waals surface area contributed by atoms with Gasteiger partial charge in [0.25, 0.3) is 0 Å². The van der Waals surface area contributed by atoms with Crippen LogP contribution in [0, 0.1) is 23.2 Å². The lowest BCUT2D eigenvalue weighted by atomic mass is 9.50. The Labute approximate surface area is 161 Å². The van der Waals surface area contributed by atoms with E-state index in [1.54, 1.807) is 0 Å². The Morgan fingerprint density at radius 3 is 2.89 bits per heavy atom. The van der Waals surface area contributed by atoms with Crippen molar-refractivity contribution in [1.29, 1.82) is 0 Å². The van der Waals surface area contributed by atoms with Crippen molar-refractivity contribution in [3.05, 3.63) is 29.8 Å². The number of benzene rings is 1. The third-order valence-corrected chi connectivity index (χ3v) is 7.26. The van der Waals surface area contributed by atoms with Crippen LogP contribution < -0.4 is 10.1 Å².